The van der Waals surface area contributed by atoms with Crippen LogP contribution in [-0.2, 0) is 20.8 Å². The number of carboxylic acid groups (broad SMARTS) is 1. The number of hydrogen-bond acceptors (Lipinski definition) is 8. The predicted molar refractivity (Wildman–Crippen MR) is 130 cm³/mol. The summed E-state index contributed by atoms with van der Waals surface area (Å²) in [5, 5.41) is 27.3. The van der Waals surface area contributed by atoms with Gasteiger partial charge in [0.25, 0.3) is 5.69 Å². The summed E-state index contributed by atoms with van der Waals surface area (Å²) in [6.07, 6.45) is -0.0518. The molecule has 0 bridgehead atoms. The van der Waals surface area contributed by atoms with Crippen LogP contribution in [0.1, 0.15) is 16.5 Å². The fourth-order valence-electron chi connectivity index (χ4n) is 5.27. The highest BCUT2D eigenvalue weighted by Gasteiger charge is 2.69. The molecule has 11 heteroatoms. The molecule has 3 aromatic rings. The number of nitro groups is 1. The number of rotatable bonds is 7. The van der Waals surface area contributed by atoms with Crippen molar-refractivity contribution in [2.75, 3.05) is 12.0 Å². The molecule has 2 amide bonds. The number of fused-ring (bicyclic) bond motifs is 1. The third-order valence-corrected chi connectivity index (χ3v) is 7.79. The zero-order valence-corrected chi connectivity index (χ0v) is 19.8. The van der Waals surface area contributed by atoms with E-state index in [-0.39, 0.29) is 17.9 Å². The van der Waals surface area contributed by atoms with E-state index in [0.717, 1.165) is 11.0 Å². The number of carbonyl (C=O) groups is 3. The fourth-order valence-corrected chi connectivity index (χ4v) is 6.09. The summed E-state index contributed by atoms with van der Waals surface area (Å²) in [6, 6.07) is 15.5. The fraction of sp³-hybridized carbons (Fsp3) is 0.240. The molecule has 0 saturated carbocycles. The zero-order valence-electron chi connectivity index (χ0n) is 19.0. The van der Waals surface area contributed by atoms with Crippen molar-refractivity contribution in [2.45, 2.75) is 18.0 Å². The van der Waals surface area contributed by atoms with E-state index in [1.807, 2.05) is 0 Å². The third kappa shape index (κ3) is 3.55. The Balaban J connectivity index is 1.67. The number of ether oxygens (including phenoxy) is 1. The quantitative estimate of drug-likeness (QED) is 0.282. The summed E-state index contributed by atoms with van der Waals surface area (Å²) >= 11 is 1.34. The third-order valence-electron chi connectivity index (χ3n) is 6.83. The Morgan fingerprint density at radius 1 is 1.17 bits per heavy atom. The minimum absolute atomic E-state index is 0.0518. The van der Waals surface area contributed by atoms with E-state index in [1.54, 1.807) is 47.8 Å². The molecular formula is C25H21N3O7S. The number of nitrogens with zero attached hydrogens (tertiary/aromatic N) is 2. The van der Waals surface area contributed by atoms with Crippen LogP contribution in [0.2, 0.25) is 0 Å². The highest BCUT2D eigenvalue weighted by molar-refractivity contribution is 7.10. The average Bonchev–Trinajstić information content (AvgIpc) is 3.57. The molecule has 2 fully saturated rings. The second-order valence-corrected chi connectivity index (χ2v) is 9.68. The van der Waals surface area contributed by atoms with Gasteiger partial charge in [-0.25, -0.2) is 4.90 Å². The Labute approximate surface area is 209 Å². The summed E-state index contributed by atoms with van der Waals surface area (Å²) in [4.78, 5) is 53.2. The average molecular weight is 508 g/mol. The monoisotopic (exact) mass is 507 g/mol. The normalized spacial score (nSPS) is 25.1. The van der Waals surface area contributed by atoms with Crippen LogP contribution in [0.3, 0.4) is 0 Å². The van der Waals surface area contributed by atoms with Gasteiger partial charge in [0.1, 0.15) is 17.0 Å². The smallest absolute Gasteiger partial charge is 0.325 e. The van der Waals surface area contributed by atoms with Crippen LogP contribution in [0.4, 0.5) is 11.4 Å². The Morgan fingerprint density at radius 3 is 2.53 bits per heavy atom. The van der Waals surface area contributed by atoms with E-state index < -0.39 is 51.8 Å². The van der Waals surface area contributed by atoms with Gasteiger partial charge in [-0.05, 0) is 29.1 Å². The number of hydrogen-bond donors (Lipinski definition) is 2. The molecule has 10 nitrogen and oxygen atoms in total. The van der Waals surface area contributed by atoms with Crippen LogP contribution >= 0.6 is 11.3 Å². The molecule has 2 aliphatic heterocycles. The van der Waals surface area contributed by atoms with Crippen molar-refractivity contribution in [3.8, 4) is 5.75 Å². The molecule has 0 spiro atoms. The van der Waals surface area contributed by atoms with Crippen LogP contribution in [0, 0.1) is 22.0 Å². The summed E-state index contributed by atoms with van der Waals surface area (Å²) in [6.45, 7) is 0. The van der Waals surface area contributed by atoms with Gasteiger partial charge in [0.15, 0.2) is 0 Å². The van der Waals surface area contributed by atoms with Crippen LogP contribution < -0.4 is 15.0 Å². The molecule has 3 heterocycles. The number of benzene rings is 2. The number of methoxy groups -OCH3 is 1. The number of carboxylic acids is 1. The van der Waals surface area contributed by atoms with Gasteiger partial charge in [0.05, 0.1) is 36.0 Å². The molecule has 184 valence electrons. The summed E-state index contributed by atoms with van der Waals surface area (Å²) < 4.78 is 5.07. The lowest BCUT2D eigenvalue weighted by atomic mass is 9.76. The largest absolute Gasteiger partial charge is 0.496 e. The summed E-state index contributed by atoms with van der Waals surface area (Å²) in [5.74, 6) is -4.89. The van der Waals surface area contributed by atoms with Crippen molar-refractivity contribution in [1.82, 2.24) is 5.32 Å². The molecule has 36 heavy (non-hydrogen) atoms. The van der Waals surface area contributed by atoms with Gasteiger partial charge in [-0.3, -0.25) is 29.8 Å². The van der Waals surface area contributed by atoms with Crippen LogP contribution in [0.15, 0.2) is 66.0 Å². The lowest BCUT2D eigenvalue weighted by molar-refractivity contribution is -0.384. The lowest BCUT2D eigenvalue weighted by Crippen LogP contribution is -2.57. The van der Waals surface area contributed by atoms with E-state index in [0.29, 0.717) is 10.4 Å². The zero-order chi connectivity index (χ0) is 25.6. The van der Waals surface area contributed by atoms with Crippen molar-refractivity contribution < 1.29 is 29.2 Å². The Morgan fingerprint density at radius 2 is 1.92 bits per heavy atom. The first-order valence-corrected chi connectivity index (χ1v) is 11.9. The molecule has 5 rings (SSSR count). The van der Waals surface area contributed by atoms with Crippen molar-refractivity contribution in [2.24, 2.45) is 11.8 Å². The lowest BCUT2D eigenvalue weighted by Gasteiger charge is -2.31. The molecule has 2 saturated heterocycles. The SMILES string of the molecule is COc1ccc(N2C(=O)[C@H]3[C@@H](C2=O)[C@](Cc2ccccc2)(C(=O)O)N[C@H]3c2cccs2)c([N+](=O)[O-])c1. The molecule has 0 unspecified atom stereocenters. The maximum Gasteiger partial charge on any atom is 0.325 e. The van der Waals surface area contributed by atoms with Crippen molar-refractivity contribution in [3.63, 3.8) is 0 Å². The maximum absolute atomic E-state index is 13.9. The van der Waals surface area contributed by atoms with Gasteiger partial charge >= 0.3 is 5.97 Å². The van der Waals surface area contributed by atoms with E-state index in [9.17, 15) is 29.6 Å². The van der Waals surface area contributed by atoms with Gasteiger partial charge in [0.2, 0.25) is 11.8 Å². The van der Waals surface area contributed by atoms with Gasteiger partial charge in [0, 0.05) is 11.3 Å². The molecule has 2 N–H and O–H groups in total. The Hall–Kier alpha value is -4.09. The summed E-state index contributed by atoms with van der Waals surface area (Å²) in [5.41, 5.74) is -1.83. The van der Waals surface area contributed by atoms with Crippen LogP contribution in [0.5, 0.6) is 5.75 Å². The Bertz CT molecular complexity index is 1360. The number of anilines is 1. The summed E-state index contributed by atoms with van der Waals surface area (Å²) in [7, 11) is 1.34. The van der Waals surface area contributed by atoms with Gasteiger partial charge in [-0.2, -0.15) is 0 Å². The molecule has 1 aromatic heterocycles. The number of nitro benzene ring substituents is 1. The Kier molecular flexibility index (Phi) is 5.81. The maximum atomic E-state index is 13.9. The first-order valence-electron chi connectivity index (χ1n) is 11.1. The van der Waals surface area contributed by atoms with E-state index in [1.165, 1.54) is 30.6 Å². The first kappa shape index (κ1) is 23.6. The number of nitrogens with one attached hydrogen (secondary N) is 1. The predicted octanol–water partition coefficient (Wildman–Crippen LogP) is 3.18. The second-order valence-electron chi connectivity index (χ2n) is 8.70. The minimum Gasteiger partial charge on any atom is -0.496 e. The highest BCUT2D eigenvalue weighted by Crippen LogP contribution is 2.52. The van der Waals surface area contributed by atoms with Crippen molar-refractivity contribution in [3.05, 3.63) is 86.6 Å². The number of imide groups is 1. The standard InChI is InChI=1S/C25H21N3O7S/c1-35-15-9-10-16(17(12-15)28(33)34)27-22(29)19-20(23(27)30)25(24(31)32,13-14-6-3-2-4-7-14)26-21(19)18-8-5-11-36-18/h2-12,19-21,26H,13H2,1H3,(H,31,32)/t19-,20-,21-,25+/m0/s1. The molecule has 2 aromatic carbocycles. The van der Waals surface area contributed by atoms with E-state index in [4.69, 9.17) is 4.74 Å². The number of thiophene rings is 1. The highest BCUT2D eigenvalue weighted by atomic mass is 32.1. The van der Waals surface area contributed by atoms with E-state index >= 15 is 0 Å². The molecule has 4 atom stereocenters. The molecule has 2 aliphatic rings. The number of amides is 2. The number of aliphatic carboxylic acids is 1. The van der Waals surface area contributed by atoms with Gasteiger partial charge in [-0.1, -0.05) is 36.4 Å². The molecule has 0 aliphatic carbocycles. The molecule has 0 radical (unpaired) electrons. The van der Waals surface area contributed by atoms with Crippen molar-refractivity contribution >= 4 is 40.5 Å². The van der Waals surface area contributed by atoms with E-state index in [2.05, 4.69) is 5.32 Å². The van der Waals surface area contributed by atoms with Gasteiger partial charge < -0.3 is 9.84 Å². The topological polar surface area (TPSA) is 139 Å². The second kappa shape index (κ2) is 8.85. The van der Waals surface area contributed by atoms with Gasteiger partial charge in [-0.15, -0.1) is 11.3 Å². The van der Waals surface area contributed by atoms with Crippen molar-refractivity contribution in [1.29, 1.82) is 0 Å². The van der Waals surface area contributed by atoms with Crippen LogP contribution in [0.25, 0.3) is 0 Å². The minimum atomic E-state index is -1.80. The first-order chi connectivity index (χ1) is 17.3. The number of carbonyl (C=O) groups excluding carboxylic acids is 2. The molecular weight excluding hydrogens is 486 g/mol. The van der Waals surface area contributed by atoms with Crippen LogP contribution in [-0.4, -0.2) is 40.5 Å².